The molecule has 0 aromatic heterocycles. The highest BCUT2D eigenvalue weighted by Gasteiger charge is 2.28. The lowest BCUT2D eigenvalue weighted by atomic mass is 10.9. The van der Waals surface area contributed by atoms with Gasteiger partial charge >= 0.3 is 0 Å². The predicted molar refractivity (Wildman–Crippen MR) is 66.3 cm³/mol. The van der Waals surface area contributed by atoms with Crippen molar-refractivity contribution in [3.63, 3.8) is 0 Å². The molecule has 0 aliphatic rings. The highest BCUT2D eigenvalue weighted by atomic mass is 28.4. The van der Waals surface area contributed by atoms with Crippen molar-refractivity contribution < 1.29 is 8.85 Å². The number of nitrogens with zero attached hydrogens (tertiary/aromatic N) is 1. The van der Waals surface area contributed by atoms with E-state index in [-0.39, 0.29) is 6.41 Å². The average molecular weight is 235 g/mol. The van der Waals surface area contributed by atoms with E-state index in [4.69, 9.17) is 8.85 Å². The average Bonchev–Trinajstić information content (AvgIpc) is 1.78. The van der Waals surface area contributed by atoms with Gasteiger partial charge < -0.3 is 8.85 Å². The maximum absolute atomic E-state index is 5.95. The Morgan fingerprint density at radius 3 is 1.21 bits per heavy atom. The van der Waals surface area contributed by atoms with Crippen LogP contribution in [0.5, 0.6) is 0 Å². The molecule has 86 valence electrons. The Morgan fingerprint density at radius 1 is 0.786 bits per heavy atom. The smallest absolute Gasteiger partial charge is 0.199 e. The Kier molecular flexibility index (Phi) is 5.00. The highest BCUT2D eigenvalue weighted by Crippen LogP contribution is 2.15. The third-order valence-corrected chi connectivity index (χ3v) is 3.15. The molecule has 0 bridgehead atoms. The molecule has 0 rings (SSSR count). The summed E-state index contributed by atoms with van der Waals surface area (Å²) in [5.41, 5.74) is 0. The summed E-state index contributed by atoms with van der Waals surface area (Å²) in [6.07, 6.45) is -0.173. The molecule has 0 N–H and O–H groups in total. The zero-order chi connectivity index (χ0) is 11.6. The maximum atomic E-state index is 5.95. The van der Waals surface area contributed by atoms with Gasteiger partial charge in [0.2, 0.25) is 0 Å². The molecule has 0 amide bonds. The Hall–Kier alpha value is 0.314. The molecular formula is C9H25NO2Si2. The molecule has 0 aromatic carbocycles. The Balaban J connectivity index is 4.32. The van der Waals surface area contributed by atoms with Crippen molar-refractivity contribution in [1.29, 1.82) is 0 Å². The van der Waals surface area contributed by atoms with E-state index in [0.717, 1.165) is 0 Å². The summed E-state index contributed by atoms with van der Waals surface area (Å²) in [6.45, 7) is 13.1. The van der Waals surface area contributed by atoms with Crippen molar-refractivity contribution >= 4 is 16.6 Å². The van der Waals surface area contributed by atoms with Crippen LogP contribution >= 0.6 is 0 Å². The van der Waals surface area contributed by atoms with E-state index in [1.54, 1.807) is 0 Å². The van der Waals surface area contributed by atoms with Gasteiger partial charge in [-0.05, 0) is 53.4 Å². The first-order valence-corrected chi connectivity index (χ1v) is 11.8. The van der Waals surface area contributed by atoms with Crippen LogP contribution in [-0.4, -0.2) is 42.0 Å². The summed E-state index contributed by atoms with van der Waals surface area (Å²) < 4.78 is 11.9. The summed E-state index contributed by atoms with van der Waals surface area (Å²) in [4.78, 5) is 2.00. The highest BCUT2D eigenvalue weighted by molar-refractivity contribution is 6.70. The van der Waals surface area contributed by atoms with E-state index in [9.17, 15) is 0 Å². The van der Waals surface area contributed by atoms with Gasteiger partial charge in [0.15, 0.2) is 23.0 Å². The quantitative estimate of drug-likeness (QED) is 0.540. The molecule has 0 radical (unpaired) electrons. The van der Waals surface area contributed by atoms with Crippen molar-refractivity contribution in [1.82, 2.24) is 4.90 Å². The molecule has 3 nitrogen and oxygen atoms in total. The van der Waals surface area contributed by atoms with Gasteiger partial charge in [0.1, 0.15) is 0 Å². The second kappa shape index (κ2) is 4.89. The molecule has 0 spiro atoms. The van der Waals surface area contributed by atoms with E-state index in [2.05, 4.69) is 39.3 Å². The van der Waals surface area contributed by atoms with Crippen LogP contribution in [0.3, 0.4) is 0 Å². The molecule has 0 saturated carbocycles. The second-order valence-electron chi connectivity index (χ2n) is 5.73. The van der Waals surface area contributed by atoms with Gasteiger partial charge in [-0.1, -0.05) is 0 Å². The Labute approximate surface area is 90.7 Å². The largest absolute Gasteiger partial charge is 0.382 e. The minimum atomic E-state index is -1.53. The molecule has 14 heavy (non-hydrogen) atoms. The van der Waals surface area contributed by atoms with Gasteiger partial charge in [-0.25, -0.2) is 0 Å². The first kappa shape index (κ1) is 14.3. The monoisotopic (exact) mass is 235 g/mol. The zero-order valence-corrected chi connectivity index (χ0v) is 12.8. The molecule has 0 aliphatic carbocycles. The van der Waals surface area contributed by atoms with Crippen LogP contribution in [0, 0.1) is 0 Å². The fourth-order valence-corrected chi connectivity index (χ4v) is 2.66. The zero-order valence-electron chi connectivity index (χ0n) is 10.8. The minimum absolute atomic E-state index is 0.173. The summed E-state index contributed by atoms with van der Waals surface area (Å²) in [7, 11) is 0.927. The van der Waals surface area contributed by atoms with Crippen molar-refractivity contribution in [3.8, 4) is 0 Å². The van der Waals surface area contributed by atoms with Crippen LogP contribution in [0.4, 0.5) is 0 Å². The van der Waals surface area contributed by atoms with Gasteiger partial charge in [0.05, 0.1) is 0 Å². The van der Waals surface area contributed by atoms with Gasteiger partial charge in [-0.15, -0.1) is 0 Å². The molecule has 0 saturated heterocycles. The first-order chi connectivity index (χ1) is 6.01. The van der Waals surface area contributed by atoms with Crippen LogP contribution in [0.25, 0.3) is 0 Å². The van der Waals surface area contributed by atoms with Crippen molar-refractivity contribution in [3.05, 3.63) is 0 Å². The van der Waals surface area contributed by atoms with Crippen molar-refractivity contribution in [2.24, 2.45) is 0 Å². The van der Waals surface area contributed by atoms with Gasteiger partial charge in [-0.3, -0.25) is 4.90 Å². The second-order valence-corrected chi connectivity index (χ2v) is 14.7. The van der Waals surface area contributed by atoms with Crippen LogP contribution in [0.2, 0.25) is 39.3 Å². The molecule has 0 aromatic rings. The van der Waals surface area contributed by atoms with E-state index in [0.29, 0.717) is 0 Å². The van der Waals surface area contributed by atoms with Crippen LogP contribution in [-0.2, 0) is 8.85 Å². The predicted octanol–water partition coefficient (Wildman–Crippen LogP) is 2.53. The molecule has 0 heterocycles. The summed E-state index contributed by atoms with van der Waals surface area (Å²) in [6, 6.07) is 0. The SMILES string of the molecule is CN(C)C(O[Si](C)(C)C)O[Si](C)(C)C. The van der Waals surface area contributed by atoms with Crippen molar-refractivity contribution in [2.45, 2.75) is 45.7 Å². The van der Waals surface area contributed by atoms with E-state index < -0.39 is 16.6 Å². The third kappa shape index (κ3) is 7.69. The van der Waals surface area contributed by atoms with E-state index in [1.807, 2.05) is 19.0 Å². The lowest BCUT2D eigenvalue weighted by Crippen LogP contribution is -2.46. The van der Waals surface area contributed by atoms with E-state index >= 15 is 0 Å². The van der Waals surface area contributed by atoms with E-state index in [1.165, 1.54) is 0 Å². The molecular weight excluding hydrogens is 210 g/mol. The van der Waals surface area contributed by atoms with Crippen LogP contribution in [0.1, 0.15) is 0 Å². The molecule has 0 aliphatic heterocycles. The fraction of sp³-hybridized carbons (Fsp3) is 1.00. The van der Waals surface area contributed by atoms with Gasteiger partial charge in [0.25, 0.3) is 0 Å². The minimum Gasteiger partial charge on any atom is -0.382 e. The summed E-state index contributed by atoms with van der Waals surface area (Å²) >= 11 is 0. The molecule has 0 atom stereocenters. The molecule has 0 fully saturated rings. The lowest BCUT2D eigenvalue weighted by Gasteiger charge is -2.35. The molecule has 5 heteroatoms. The van der Waals surface area contributed by atoms with Crippen molar-refractivity contribution in [2.75, 3.05) is 14.1 Å². The molecule has 0 unspecified atom stereocenters. The fourth-order valence-electron chi connectivity index (χ4n) is 0.840. The number of hydrogen-bond donors (Lipinski definition) is 0. The Bertz CT molecular complexity index is 157. The topological polar surface area (TPSA) is 21.7 Å². The lowest BCUT2D eigenvalue weighted by molar-refractivity contribution is -0.105. The van der Waals surface area contributed by atoms with Crippen LogP contribution in [0.15, 0.2) is 0 Å². The maximum Gasteiger partial charge on any atom is 0.199 e. The van der Waals surface area contributed by atoms with Gasteiger partial charge in [-0.2, -0.15) is 0 Å². The Morgan fingerprint density at radius 2 is 1.07 bits per heavy atom. The van der Waals surface area contributed by atoms with Gasteiger partial charge in [0, 0.05) is 0 Å². The normalized spacial score (nSPS) is 14.1. The third-order valence-electron chi connectivity index (χ3n) is 1.33. The standard InChI is InChI=1S/C9H25NO2Si2/c1-10(2)9(11-13(3,4)5)12-14(6,7)8/h9H,1-8H3. The summed E-state index contributed by atoms with van der Waals surface area (Å²) in [5, 5.41) is 0. The van der Waals surface area contributed by atoms with Crippen LogP contribution < -0.4 is 0 Å². The first-order valence-electron chi connectivity index (χ1n) is 5.03. The number of rotatable bonds is 5. The number of hydrogen-bond acceptors (Lipinski definition) is 3. The summed E-state index contributed by atoms with van der Waals surface area (Å²) in [5.74, 6) is 0.